The third kappa shape index (κ3) is 3.33. The van der Waals surface area contributed by atoms with Gasteiger partial charge >= 0.3 is 0 Å². The van der Waals surface area contributed by atoms with E-state index in [0.29, 0.717) is 11.4 Å². The van der Waals surface area contributed by atoms with Crippen LogP contribution < -0.4 is 0 Å². The number of benzene rings is 1. The highest BCUT2D eigenvalue weighted by Crippen LogP contribution is 2.22. The van der Waals surface area contributed by atoms with E-state index in [-0.39, 0.29) is 5.78 Å². The number of methoxy groups -OCH3 is 1. The van der Waals surface area contributed by atoms with E-state index in [4.69, 9.17) is 16.3 Å². The number of ketones is 1. The van der Waals surface area contributed by atoms with Crippen molar-refractivity contribution in [2.45, 2.75) is 25.9 Å². The van der Waals surface area contributed by atoms with Crippen molar-refractivity contribution >= 4 is 17.4 Å². The van der Waals surface area contributed by atoms with Crippen LogP contribution in [0.1, 0.15) is 31.4 Å². The average Bonchev–Trinajstić information content (AvgIpc) is 2.19. The third-order valence-electron chi connectivity index (χ3n) is 2.18. The van der Waals surface area contributed by atoms with E-state index in [2.05, 4.69) is 0 Å². The fraction of sp³-hybridized carbons (Fsp3) is 0.417. The van der Waals surface area contributed by atoms with Crippen LogP contribution in [0.5, 0.6) is 0 Å². The number of carbonyl (C=O) groups is 1. The number of Topliss-reactive ketones (excluding diaryl/α,β-unsaturated/α-hetero) is 1. The molecule has 3 heteroatoms. The second-order valence-corrected chi connectivity index (χ2v) is 3.82. The summed E-state index contributed by atoms with van der Waals surface area (Å²) in [6.07, 6.45) is 0.883. The molecule has 0 heterocycles. The highest BCUT2D eigenvalue weighted by Gasteiger charge is 2.18. The largest absolute Gasteiger partial charge is 0.369 e. The molecule has 1 aromatic carbocycles. The number of halogens is 1. The van der Waals surface area contributed by atoms with Crippen LogP contribution in [0.15, 0.2) is 24.3 Å². The topological polar surface area (TPSA) is 26.3 Å². The number of hydrogen-bond acceptors (Lipinski definition) is 2. The van der Waals surface area contributed by atoms with Crippen LogP contribution in [0.4, 0.5) is 0 Å². The van der Waals surface area contributed by atoms with Crippen molar-refractivity contribution in [3.05, 3.63) is 34.9 Å². The molecule has 0 aliphatic rings. The molecule has 0 N–H and O–H groups in total. The van der Waals surface area contributed by atoms with E-state index < -0.39 is 6.10 Å². The quantitative estimate of drug-likeness (QED) is 0.769. The van der Waals surface area contributed by atoms with Gasteiger partial charge in [0.1, 0.15) is 6.10 Å². The highest BCUT2D eigenvalue weighted by molar-refractivity contribution is 6.30. The SMILES string of the molecule is CCCC(=O)C(OC)c1cccc(Cl)c1. The van der Waals surface area contributed by atoms with E-state index in [1.54, 1.807) is 19.2 Å². The van der Waals surface area contributed by atoms with Crippen LogP contribution >= 0.6 is 11.6 Å². The van der Waals surface area contributed by atoms with Crippen molar-refractivity contribution in [1.82, 2.24) is 0 Å². The Kier molecular flexibility index (Phi) is 4.79. The Labute approximate surface area is 95.2 Å². The van der Waals surface area contributed by atoms with Gasteiger partial charge in [0.15, 0.2) is 5.78 Å². The van der Waals surface area contributed by atoms with Crippen molar-refractivity contribution in [2.24, 2.45) is 0 Å². The highest BCUT2D eigenvalue weighted by atomic mass is 35.5. The zero-order valence-electron chi connectivity index (χ0n) is 9.00. The summed E-state index contributed by atoms with van der Waals surface area (Å²) in [5, 5.41) is 0.624. The smallest absolute Gasteiger partial charge is 0.166 e. The normalized spacial score (nSPS) is 12.5. The van der Waals surface area contributed by atoms with Crippen molar-refractivity contribution < 1.29 is 9.53 Å². The Morgan fingerprint density at radius 1 is 1.53 bits per heavy atom. The first kappa shape index (κ1) is 12.2. The van der Waals surface area contributed by atoms with Gasteiger partial charge in [0.05, 0.1) is 0 Å². The maximum atomic E-state index is 11.7. The van der Waals surface area contributed by atoms with Crippen molar-refractivity contribution in [2.75, 3.05) is 7.11 Å². The molecule has 15 heavy (non-hydrogen) atoms. The molecule has 1 rings (SSSR count). The zero-order chi connectivity index (χ0) is 11.3. The summed E-state index contributed by atoms with van der Waals surface area (Å²) < 4.78 is 5.20. The second-order valence-electron chi connectivity index (χ2n) is 3.39. The van der Waals surface area contributed by atoms with Crippen LogP contribution in [0, 0.1) is 0 Å². The predicted octanol–water partition coefficient (Wildman–Crippen LogP) is 3.40. The summed E-state index contributed by atoms with van der Waals surface area (Å²) in [6.45, 7) is 1.97. The maximum absolute atomic E-state index is 11.7. The molecule has 1 atom stereocenters. The van der Waals surface area contributed by atoms with Gasteiger partial charge in [-0.2, -0.15) is 0 Å². The molecule has 0 saturated heterocycles. The lowest BCUT2D eigenvalue weighted by Crippen LogP contribution is -2.14. The van der Waals surface area contributed by atoms with Crippen LogP contribution in [0.2, 0.25) is 5.02 Å². The number of hydrogen-bond donors (Lipinski definition) is 0. The van der Waals surface area contributed by atoms with Gasteiger partial charge in [-0.05, 0) is 24.1 Å². The first-order chi connectivity index (χ1) is 7.19. The van der Waals surface area contributed by atoms with Gasteiger partial charge in [-0.3, -0.25) is 4.79 Å². The zero-order valence-corrected chi connectivity index (χ0v) is 9.75. The molecule has 1 aromatic rings. The molecular formula is C12H15ClO2. The van der Waals surface area contributed by atoms with E-state index in [1.165, 1.54) is 0 Å². The van der Waals surface area contributed by atoms with Gasteiger partial charge in [0.25, 0.3) is 0 Å². The summed E-state index contributed by atoms with van der Waals surface area (Å²) >= 11 is 5.86. The lowest BCUT2D eigenvalue weighted by Gasteiger charge is -2.14. The number of ether oxygens (including phenoxy) is 1. The van der Waals surface area contributed by atoms with Crippen LogP contribution in [0.25, 0.3) is 0 Å². The molecule has 0 spiro atoms. The monoisotopic (exact) mass is 226 g/mol. The van der Waals surface area contributed by atoms with Gasteiger partial charge < -0.3 is 4.74 Å². The molecule has 0 bridgehead atoms. The molecule has 0 saturated carbocycles. The average molecular weight is 227 g/mol. The van der Waals surface area contributed by atoms with Gasteiger partial charge in [-0.15, -0.1) is 0 Å². The maximum Gasteiger partial charge on any atom is 0.166 e. The molecule has 2 nitrogen and oxygen atoms in total. The molecule has 0 aliphatic carbocycles. The Morgan fingerprint density at radius 2 is 2.27 bits per heavy atom. The first-order valence-electron chi connectivity index (χ1n) is 5.00. The Hall–Kier alpha value is -0.860. The summed E-state index contributed by atoms with van der Waals surface area (Å²) in [7, 11) is 1.54. The molecule has 1 unspecified atom stereocenters. The lowest BCUT2D eigenvalue weighted by molar-refractivity contribution is -0.129. The Morgan fingerprint density at radius 3 is 2.80 bits per heavy atom. The minimum atomic E-state index is -0.483. The molecule has 82 valence electrons. The van der Waals surface area contributed by atoms with Gasteiger partial charge in [0.2, 0.25) is 0 Å². The van der Waals surface area contributed by atoms with Crippen LogP contribution in [-0.2, 0) is 9.53 Å². The van der Waals surface area contributed by atoms with Gasteiger partial charge in [-0.1, -0.05) is 30.7 Å². The van der Waals surface area contributed by atoms with Gasteiger partial charge in [-0.25, -0.2) is 0 Å². The van der Waals surface area contributed by atoms with E-state index >= 15 is 0 Å². The van der Waals surface area contributed by atoms with Crippen LogP contribution in [-0.4, -0.2) is 12.9 Å². The standard InChI is InChI=1S/C12H15ClO2/c1-3-5-11(14)12(15-2)9-6-4-7-10(13)8-9/h4,6-8,12H,3,5H2,1-2H3. The first-order valence-corrected chi connectivity index (χ1v) is 5.37. The Balaban J connectivity index is 2.87. The van der Waals surface area contributed by atoms with E-state index in [9.17, 15) is 4.79 Å². The summed E-state index contributed by atoms with van der Waals surface area (Å²) in [4.78, 5) is 11.7. The molecule has 0 fully saturated rings. The van der Waals surface area contributed by atoms with E-state index in [1.807, 2.05) is 19.1 Å². The molecule has 0 amide bonds. The summed E-state index contributed by atoms with van der Waals surface area (Å²) in [5.74, 6) is 0.0993. The lowest BCUT2D eigenvalue weighted by atomic mass is 10.0. The van der Waals surface area contributed by atoms with Crippen molar-refractivity contribution in [1.29, 1.82) is 0 Å². The van der Waals surface area contributed by atoms with Crippen LogP contribution in [0.3, 0.4) is 0 Å². The number of carbonyl (C=O) groups excluding carboxylic acids is 1. The summed E-state index contributed by atoms with van der Waals surface area (Å²) in [5.41, 5.74) is 0.823. The Bertz CT molecular complexity index is 336. The fourth-order valence-electron chi connectivity index (χ4n) is 1.50. The fourth-order valence-corrected chi connectivity index (χ4v) is 1.70. The third-order valence-corrected chi connectivity index (χ3v) is 2.41. The predicted molar refractivity (Wildman–Crippen MR) is 61.1 cm³/mol. The molecule has 0 aliphatic heterocycles. The molecular weight excluding hydrogens is 212 g/mol. The van der Waals surface area contributed by atoms with E-state index in [0.717, 1.165) is 12.0 Å². The summed E-state index contributed by atoms with van der Waals surface area (Å²) in [6, 6.07) is 7.22. The van der Waals surface area contributed by atoms with Crippen molar-refractivity contribution in [3.8, 4) is 0 Å². The van der Waals surface area contributed by atoms with Crippen molar-refractivity contribution in [3.63, 3.8) is 0 Å². The molecule has 0 radical (unpaired) electrons. The minimum Gasteiger partial charge on any atom is -0.369 e. The van der Waals surface area contributed by atoms with Gasteiger partial charge in [0, 0.05) is 18.6 Å². The minimum absolute atomic E-state index is 0.0993. The second kappa shape index (κ2) is 5.89. The number of rotatable bonds is 5. The molecule has 0 aromatic heterocycles.